The van der Waals surface area contributed by atoms with Crippen molar-refractivity contribution < 1.29 is 18.0 Å². The van der Waals surface area contributed by atoms with E-state index in [0.29, 0.717) is 9.99 Å². The predicted octanol–water partition coefficient (Wildman–Crippen LogP) is 3.62. The van der Waals surface area contributed by atoms with Crippen molar-refractivity contribution in [3.63, 3.8) is 0 Å². The lowest BCUT2D eigenvalue weighted by Crippen LogP contribution is -2.37. The van der Waals surface area contributed by atoms with Gasteiger partial charge in [0.15, 0.2) is 0 Å². The average Bonchev–Trinajstić information content (AvgIpc) is 2.91. The summed E-state index contributed by atoms with van der Waals surface area (Å²) < 4.78 is 25.8. The molecule has 0 saturated heterocycles. The largest absolute Gasteiger partial charge is 0.323 e. The fraction of sp³-hybridized carbons (Fsp3) is 0.0476. The number of nitrogens with zero attached hydrogens (tertiary/aromatic N) is 1. The molecule has 146 valence electrons. The Morgan fingerprint density at radius 3 is 2.31 bits per heavy atom. The molecule has 0 unspecified atom stereocenters. The van der Waals surface area contributed by atoms with E-state index in [0.717, 1.165) is 9.79 Å². The van der Waals surface area contributed by atoms with Gasteiger partial charge >= 0.3 is 0 Å². The molecule has 1 heterocycles. The average molecular weight is 425 g/mol. The summed E-state index contributed by atoms with van der Waals surface area (Å²) in [4.78, 5) is 26.8. The molecule has 3 aromatic rings. The molecule has 0 aliphatic carbocycles. The lowest BCUT2D eigenvalue weighted by molar-refractivity contribution is -0.116. The van der Waals surface area contributed by atoms with Crippen LogP contribution < -0.4 is 5.32 Å². The van der Waals surface area contributed by atoms with Crippen molar-refractivity contribution >= 4 is 39.3 Å². The van der Waals surface area contributed by atoms with Crippen LogP contribution in [0.5, 0.6) is 0 Å². The lowest BCUT2D eigenvalue weighted by atomic mass is 10.2. The first-order valence-corrected chi connectivity index (χ1v) is 11.0. The number of fused-ring (bicyclic) bond motifs is 1. The maximum Gasteiger partial charge on any atom is 0.269 e. The Balaban J connectivity index is 1.52. The van der Waals surface area contributed by atoms with Crippen LogP contribution in [0.1, 0.15) is 10.4 Å². The van der Waals surface area contributed by atoms with Gasteiger partial charge in [0.1, 0.15) is 11.4 Å². The number of carbonyl (C=O) groups excluding carboxylic acids is 2. The highest BCUT2D eigenvalue weighted by Gasteiger charge is 2.41. The number of anilines is 1. The number of amides is 2. The molecule has 6 nitrogen and oxygen atoms in total. The van der Waals surface area contributed by atoms with E-state index in [1.54, 1.807) is 24.3 Å². The van der Waals surface area contributed by atoms with Gasteiger partial charge in [0, 0.05) is 9.79 Å². The van der Waals surface area contributed by atoms with E-state index in [1.807, 2.05) is 42.5 Å². The zero-order valence-corrected chi connectivity index (χ0v) is 16.7. The van der Waals surface area contributed by atoms with Gasteiger partial charge < -0.3 is 5.32 Å². The fourth-order valence-corrected chi connectivity index (χ4v) is 5.43. The summed E-state index contributed by atoms with van der Waals surface area (Å²) in [5, 5.41) is 2.72. The molecule has 1 N–H and O–H groups in total. The Morgan fingerprint density at radius 2 is 1.55 bits per heavy atom. The molecule has 0 radical (unpaired) electrons. The first kappa shape index (κ1) is 19.2. The molecule has 0 atom stereocenters. The molecule has 2 amide bonds. The first-order valence-electron chi connectivity index (χ1n) is 8.75. The number of rotatable bonds is 5. The van der Waals surface area contributed by atoms with Crippen molar-refractivity contribution in [3.8, 4) is 0 Å². The quantitative estimate of drug-likeness (QED) is 0.676. The van der Waals surface area contributed by atoms with Crippen LogP contribution in [0.3, 0.4) is 0 Å². The normalized spacial score (nSPS) is 14.5. The van der Waals surface area contributed by atoms with Gasteiger partial charge in [0.05, 0.1) is 11.3 Å². The van der Waals surface area contributed by atoms with Gasteiger partial charge in [-0.2, -0.15) is 0 Å². The molecule has 1 aliphatic rings. The summed E-state index contributed by atoms with van der Waals surface area (Å²) in [6.45, 7) is -0.583. The van der Waals surface area contributed by atoms with Crippen molar-refractivity contribution in [2.24, 2.45) is 0 Å². The zero-order valence-electron chi connectivity index (χ0n) is 15.1. The third kappa shape index (κ3) is 3.76. The van der Waals surface area contributed by atoms with Gasteiger partial charge in [-0.25, -0.2) is 12.7 Å². The van der Waals surface area contributed by atoms with Crippen LogP contribution in [0.25, 0.3) is 0 Å². The third-order valence-electron chi connectivity index (χ3n) is 4.33. The van der Waals surface area contributed by atoms with Crippen LogP contribution in [0.15, 0.2) is 93.5 Å². The zero-order chi connectivity index (χ0) is 20.4. The van der Waals surface area contributed by atoms with E-state index < -0.39 is 28.4 Å². The SMILES string of the molecule is O=C(CN1C(=O)c2ccccc2S1(=O)=O)Nc1ccccc1Sc1ccccc1. The topological polar surface area (TPSA) is 83.6 Å². The van der Waals surface area contributed by atoms with Crippen molar-refractivity contribution in [2.75, 3.05) is 11.9 Å². The Bertz CT molecular complexity index is 1190. The Morgan fingerprint density at radius 1 is 0.897 bits per heavy atom. The maximum absolute atomic E-state index is 12.6. The Labute approximate surface area is 172 Å². The third-order valence-corrected chi connectivity index (χ3v) is 7.20. The minimum absolute atomic E-state index is 0.0715. The second-order valence-electron chi connectivity index (χ2n) is 6.27. The molecule has 1 aliphatic heterocycles. The molecule has 0 saturated carbocycles. The second kappa shape index (κ2) is 7.73. The molecular formula is C21H16N2O4S2. The highest BCUT2D eigenvalue weighted by atomic mass is 32.2. The van der Waals surface area contributed by atoms with E-state index in [1.165, 1.54) is 23.9 Å². The molecule has 0 bridgehead atoms. The molecule has 4 rings (SSSR count). The van der Waals surface area contributed by atoms with E-state index in [-0.39, 0.29) is 10.5 Å². The van der Waals surface area contributed by atoms with Gasteiger partial charge in [-0.05, 0) is 36.4 Å². The van der Waals surface area contributed by atoms with Crippen LogP contribution in [0.2, 0.25) is 0 Å². The molecule has 0 fully saturated rings. The summed E-state index contributed by atoms with van der Waals surface area (Å²) in [6, 6.07) is 22.8. The molecule has 8 heteroatoms. The number of hydrogen-bond acceptors (Lipinski definition) is 5. The molecular weight excluding hydrogens is 408 g/mol. The van der Waals surface area contributed by atoms with Gasteiger partial charge in [0.25, 0.3) is 15.9 Å². The van der Waals surface area contributed by atoms with Crippen molar-refractivity contribution in [1.82, 2.24) is 4.31 Å². The van der Waals surface area contributed by atoms with Crippen LogP contribution in [0.4, 0.5) is 5.69 Å². The minimum Gasteiger partial charge on any atom is -0.323 e. The highest BCUT2D eigenvalue weighted by Crippen LogP contribution is 2.34. The fourth-order valence-electron chi connectivity index (χ4n) is 2.98. The van der Waals surface area contributed by atoms with E-state index in [9.17, 15) is 18.0 Å². The summed E-state index contributed by atoms with van der Waals surface area (Å²) in [7, 11) is -4.02. The van der Waals surface area contributed by atoms with Crippen LogP contribution in [-0.4, -0.2) is 31.1 Å². The van der Waals surface area contributed by atoms with E-state index in [2.05, 4.69) is 5.32 Å². The minimum atomic E-state index is -4.02. The molecule has 0 aromatic heterocycles. The Kier molecular flexibility index (Phi) is 5.12. The lowest BCUT2D eigenvalue weighted by Gasteiger charge is -2.16. The van der Waals surface area contributed by atoms with Crippen molar-refractivity contribution in [3.05, 3.63) is 84.4 Å². The second-order valence-corrected chi connectivity index (χ2v) is 9.22. The van der Waals surface area contributed by atoms with Gasteiger partial charge in [-0.1, -0.05) is 54.2 Å². The smallest absolute Gasteiger partial charge is 0.269 e. The number of hydrogen-bond donors (Lipinski definition) is 1. The first-order chi connectivity index (χ1) is 14.0. The van der Waals surface area contributed by atoms with Crippen LogP contribution in [0, 0.1) is 0 Å². The van der Waals surface area contributed by atoms with E-state index >= 15 is 0 Å². The standard InChI is InChI=1S/C21H16N2O4S2/c24-20(14-23-21(25)16-10-4-7-13-19(16)29(23,26)27)22-17-11-5-6-12-18(17)28-15-8-2-1-3-9-15/h1-13H,14H2,(H,22,24). The summed E-state index contributed by atoms with van der Waals surface area (Å²) in [5.41, 5.74) is 0.633. The van der Waals surface area contributed by atoms with Gasteiger partial charge in [0.2, 0.25) is 5.91 Å². The van der Waals surface area contributed by atoms with Crippen LogP contribution in [-0.2, 0) is 14.8 Å². The monoisotopic (exact) mass is 424 g/mol. The molecule has 29 heavy (non-hydrogen) atoms. The number of carbonyl (C=O) groups is 2. The van der Waals surface area contributed by atoms with Gasteiger partial charge in [-0.15, -0.1) is 0 Å². The predicted molar refractivity (Wildman–Crippen MR) is 110 cm³/mol. The van der Waals surface area contributed by atoms with Gasteiger partial charge in [-0.3, -0.25) is 9.59 Å². The number of sulfonamides is 1. The number of para-hydroxylation sites is 1. The molecule has 0 spiro atoms. The highest BCUT2D eigenvalue weighted by molar-refractivity contribution is 7.99. The summed E-state index contributed by atoms with van der Waals surface area (Å²) in [6.07, 6.45) is 0. The van der Waals surface area contributed by atoms with Crippen molar-refractivity contribution in [1.29, 1.82) is 0 Å². The Hall–Kier alpha value is -3.10. The summed E-state index contributed by atoms with van der Waals surface area (Å²) in [5.74, 6) is -1.28. The number of nitrogens with one attached hydrogen (secondary N) is 1. The van der Waals surface area contributed by atoms with Crippen LogP contribution >= 0.6 is 11.8 Å². The van der Waals surface area contributed by atoms with Crippen molar-refractivity contribution in [2.45, 2.75) is 14.7 Å². The number of benzene rings is 3. The molecule has 3 aromatic carbocycles. The maximum atomic E-state index is 12.6. The summed E-state index contributed by atoms with van der Waals surface area (Å²) >= 11 is 1.48. The van der Waals surface area contributed by atoms with E-state index in [4.69, 9.17) is 0 Å².